The van der Waals surface area contributed by atoms with Crippen molar-refractivity contribution in [2.45, 2.75) is 13.2 Å². The molecule has 0 aliphatic carbocycles. The molecule has 0 amide bonds. The molecule has 0 bridgehead atoms. The Morgan fingerprint density at radius 1 is 1.38 bits per heavy atom. The molecule has 1 N–H and O–H groups in total. The summed E-state index contributed by atoms with van der Waals surface area (Å²) >= 11 is 4.95. The van der Waals surface area contributed by atoms with Gasteiger partial charge >= 0.3 is 0 Å². The molecule has 0 aromatic heterocycles. The van der Waals surface area contributed by atoms with E-state index >= 15 is 0 Å². The van der Waals surface area contributed by atoms with Gasteiger partial charge in [0.2, 0.25) is 0 Å². The molecule has 0 spiro atoms. The molecule has 0 saturated heterocycles. The third kappa shape index (κ3) is 3.13. The molecule has 70 valence electrons. The summed E-state index contributed by atoms with van der Waals surface area (Å²) in [4.78, 5) is 0.732. The minimum absolute atomic E-state index is 0.140. The monoisotopic (exact) mass is 195 g/mol. The average molecular weight is 195 g/mol. The Morgan fingerprint density at radius 2 is 2.00 bits per heavy atom. The van der Waals surface area contributed by atoms with Crippen molar-refractivity contribution in [2.24, 2.45) is 0 Å². The highest BCUT2D eigenvalue weighted by molar-refractivity contribution is 7.80. The summed E-state index contributed by atoms with van der Waals surface area (Å²) in [5, 5.41) is 3.06. The highest BCUT2D eigenvalue weighted by Gasteiger charge is 2.07. The highest BCUT2D eigenvalue weighted by atomic mass is 32.1. The van der Waals surface area contributed by atoms with Crippen molar-refractivity contribution in [3.8, 4) is 0 Å². The standard InChI is InChI=1S/C10H13NOS/c1-8(13)11-10(12-2)9-6-4-3-5-7-9/h3-7,10H,1-2H3,(H,11,13). The fourth-order valence-electron chi connectivity index (χ4n) is 1.09. The molecule has 0 radical (unpaired) electrons. The van der Waals surface area contributed by atoms with Crippen molar-refractivity contribution >= 4 is 17.2 Å². The van der Waals surface area contributed by atoms with Gasteiger partial charge in [-0.15, -0.1) is 0 Å². The van der Waals surface area contributed by atoms with Crippen LogP contribution in [0.1, 0.15) is 18.7 Å². The quantitative estimate of drug-likeness (QED) is 0.590. The van der Waals surface area contributed by atoms with Crippen molar-refractivity contribution in [3.63, 3.8) is 0 Å². The number of methoxy groups -OCH3 is 1. The van der Waals surface area contributed by atoms with E-state index in [0.717, 1.165) is 10.6 Å². The fraction of sp³-hybridized carbons (Fsp3) is 0.300. The van der Waals surface area contributed by atoms with E-state index in [1.807, 2.05) is 37.3 Å². The molecular formula is C10H13NOS. The lowest BCUT2D eigenvalue weighted by Gasteiger charge is -2.17. The topological polar surface area (TPSA) is 21.3 Å². The van der Waals surface area contributed by atoms with Crippen molar-refractivity contribution < 1.29 is 4.74 Å². The first-order valence-corrected chi connectivity index (χ1v) is 4.49. The second-order valence-corrected chi connectivity index (χ2v) is 3.34. The summed E-state index contributed by atoms with van der Waals surface area (Å²) in [6, 6.07) is 9.92. The van der Waals surface area contributed by atoms with Crippen molar-refractivity contribution in [1.29, 1.82) is 0 Å². The third-order valence-electron chi connectivity index (χ3n) is 1.67. The maximum absolute atomic E-state index is 5.25. The first-order chi connectivity index (χ1) is 6.24. The number of hydrogen-bond acceptors (Lipinski definition) is 2. The average Bonchev–Trinajstić information content (AvgIpc) is 2.15. The molecule has 0 fully saturated rings. The van der Waals surface area contributed by atoms with Crippen LogP contribution < -0.4 is 5.32 Å². The van der Waals surface area contributed by atoms with Crippen molar-refractivity contribution in [1.82, 2.24) is 5.32 Å². The van der Waals surface area contributed by atoms with Gasteiger partial charge in [0.1, 0.15) is 0 Å². The zero-order valence-electron chi connectivity index (χ0n) is 7.78. The van der Waals surface area contributed by atoms with Crippen LogP contribution in [0.2, 0.25) is 0 Å². The first kappa shape index (κ1) is 10.2. The Kier molecular flexibility index (Phi) is 3.86. The summed E-state index contributed by atoms with van der Waals surface area (Å²) in [5.74, 6) is 0. The molecule has 3 heteroatoms. The molecule has 1 aromatic rings. The van der Waals surface area contributed by atoms with E-state index < -0.39 is 0 Å². The number of thiocarbonyl (C=S) groups is 1. The second-order valence-electron chi connectivity index (χ2n) is 2.73. The summed E-state index contributed by atoms with van der Waals surface area (Å²) in [6.45, 7) is 1.84. The SMILES string of the molecule is COC(NC(C)=S)c1ccccc1. The molecule has 0 saturated carbocycles. The van der Waals surface area contributed by atoms with Crippen LogP contribution >= 0.6 is 12.2 Å². The zero-order valence-corrected chi connectivity index (χ0v) is 8.60. The Balaban J connectivity index is 2.73. The maximum atomic E-state index is 5.25. The summed E-state index contributed by atoms with van der Waals surface area (Å²) in [7, 11) is 1.66. The molecule has 1 aromatic carbocycles. The van der Waals surface area contributed by atoms with Gasteiger partial charge in [0.05, 0.1) is 4.99 Å². The third-order valence-corrected chi connectivity index (χ3v) is 1.79. The molecule has 2 nitrogen and oxygen atoms in total. The van der Waals surface area contributed by atoms with Gasteiger partial charge in [-0.1, -0.05) is 42.5 Å². The first-order valence-electron chi connectivity index (χ1n) is 4.09. The minimum atomic E-state index is -0.140. The van der Waals surface area contributed by atoms with Crippen LogP contribution in [-0.4, -0.2) is 12.1 Å². The van der Waals surface area contributed by atoms with Crippen LogP contribution in [0, 0.1) is 0 Å². The largest absolute Gasteiger partial charge is 0.357 e. The lowest BCUT2D eigenvalue weighted by Crippen LogP contribution is -2.25. The molecule has 1 atom stereocenters. The maximum Gasteiger partial charge on any atom is 0.153 e. The smallest absolute Gasteiger partial charge is 0.153 e. The van der Waals surface area contributed by atoms with E-state index in [0.29, 0.717) is 0 Å². The van der Waals surface area contributed by atoms with Crippen molar-refractivity contribution in [2.75, 3.05) is 7.11 Å². The van der Waals surface area contributed by atoms with E-state index in [-0.39, 0.29) is 6.23 Å². The van der Waals surface area contributed by atoms with E-state index in [1.165, 1.54) is 0 Å². The summed E-state index contributed by atoms with van der Waals surface area (Å²) in [5.41, 5.74) is 1.08. The van der Waals surface area contributed by atoms with Gasteiger partial charge < -0.3 is 10.1 Å². The van der Waals surface area contributed by atoms with Crippen LogP contribution in [0.15, 0.2) is 30.3 Å². The predicted octanol–water partition coefficient (Wildman–Crippen LogP) is 2.27. The zero-order chi connectivity index (χ0) is 9.68. The Bertz CT molecular complexity index is 274. The Labute approximate surface area is 83.9 Å². The number of benzene rings is 1. The summed E-state index contributed by atoms with van der Waals surface area (Å²) in [6.07, 6.45) is -0.140. The molecule has 0 aliphatic rings. The molecule has 0 heterocycles. The van der Waals surface area contributed by atoms with Gasteiger partial charge in [-0.2, -0.15) is 0 Å². The molecule has 0 aliphatic heterocycles. The number of hydrogen-bond donors (Lipinski definition) is 1. The van der Waals surface area contributed by atoms with Gasteiger partial charge in [-0.3, -0.25) is 0 Å². The van der Waals surface area contributed by atoms with Gasteiger partial charge in [0, 0.05) is 12.7 Å². The van der Waals surface area contributed by atoms with Crippen LogP contribution in [0.3, 0.4) is 0 Å². The lowest BCUT2D eigenvalue weighted by atomic mass is 10.2. The van der Waals surface area contributed by atoms with Crippen molar-refractivity contribution in [3.05, 3.63) is 35.9 Å². The van der Waals surface area contributed by atoms with Gasteiger partial charge in [-0.25, -0.2) is 0 Å². The minimum Gasteiger partial charge on any atom is -0.357 e. The van der Waals surface area contributed by atoms with Gasteiger partial charge in [0.25, 0.3) is 0 Å². The van der Waals surface area contributed by atoms with E-state index in [9.17, 15) is 0 Å². The Morgan fingerprint density at radius 3 is 2.46 bits per heavy atom. The normalized spacial score (nSPS) is 12.2. The van der Waals surface area contributed by atoms with E-state index in [4.69, 9.17) is 17.0 Å². The molecule has 1 unspecified atom stereocenters. The number of rotatable bonds is 3. The summed E-state index contributed by atoms with van der Waals surface area (Å²) < 4.78 is 5.25. The van der Waals surface area contributed by atoms with E-state index in [1.54, 1.807) is 7.11 Å². The fourth-order valence-corrected chi connectivity index (χ4v) is 1.20. The van der Waals surface area contributed by atoms with Crippen LogP contribution in [0.4, 0.5) is 0 Å². The predicted molar refractivity (Wildman–Crippen MR) is 57.6 cm³/mol. The van der Waals surface area contributed by atoms with Gasteiger partial charge in [0.15, 0.2) is 6.23 Å². The molecular weight excluding hydrogens is 182 g/mol. The van der Waals surface area contributed by atoms with Gasteiger partial charge in [-0.05, 0) is 6.92 Å². The number of nitrogens with one attached hydrogen (secondary N) is 1. The lowest BCUT2D eigenvalue weighted by molar-refractivity contribution is 0.0916. The highest BCUT2D eigenvalue weighted by Crippen LogP contribution is 2.12. The molecule has 13 heavy (non-hydrogen) atoms. The van der Waals surface area contributed by atoms with Crippen LogP contribution in [0.5, 0.6) is 0 Å². The van der Waals surface area contributed by atoms with Crippen LogP contribution in [-0.2, 0) is 4.74 Å². The molecule has 1 rings (SSSR count). The Hall–Kier alpha value is -0.930. The van der Waals surface area contributed by atoms with E-state index in [2.05, 4.69) is 5.32 Å². The second kappa shape index (κ2) is 4.94. The van der Waals surface area contributed by atoms with Crippen LogP contribution in [0.25, 0.3) is 0 Å². The number of ether oxygens (including phenoxy) is 1.